The second kappa shape index (κ2) is 7.99. The van der Waals surface area contributed by atoms with Gasteiger partial charge in [-0.3, -0.25) is 4.99 Å². The fourth-order valence-corrected chi connectivity index (χ4v) is 2.90. The van der Waals surface area contributed by atoms with E-state index in [1.54, 1.807) is 7.05 Å². The van der Waals surface area contributed by atoms with Crippen LogP contribution in [0, 0.1) is 34.6 Å². The first-order valence-electron chi connectivity index (χ1n) is 8.35. The van der Waals surface area contributed by atoms with Gasteiger partial charge < -0.3 is 15.1 Å². The minimum absolute atomic E-state index is 0.525. The molecule has 0 aliphatic carbocycles. The van der Waals surface area contributed by atoms with Crippen molar-refractivity contribution in [1.82, 2.24) is 15.6 Å². The molecule has 0 spiro atoms. The van der Waals surface area contributed by atoms with Crippen LogP contribution in [0.25, 0.3) is 0 Å². The van der Waals surface area contributed by atoms with Crippen molar-refractivity contribution < 1.29 is 4.42 Å². The van der Waals surface area contributed by atoms with E-state index in [0.717, 1.165) is 30.4 Å². The van der Waals surface area contributed by atoms with E-state index >= 15 is 0 Å². The van der Waals surface area contributed by atoms with Crippen LogP contribution in [0.3, 0.4) is 0 Å². The Morgan fingerprint density at radius 2 is 1.75 bits per heavy atom. The van der Waals surface area contributed by atoms with Crippen molar-refractivity contribution in [3.8, 4) is 0 Å². The van der Waals surface area contributed by atoms with Gasteiger partial charge in [-0.15, -0.1) is 0 Å². The molecule has 0 aliphatic heterocycles. The van der Waals surface area contributed by atoms with E-state index in [1.165, 1.54) is 22.3 Å². The normalized spacial score (nSPS) is 11.7. The average molecular weight is 328 g/mol. The van der Waals surface area contributed by atoms with Crippen LogP contribution >= 0.6 is 0 Å². The molecule has 0 fully saturated rings. The zero-order valence-electron chi connectivity index (χ0n) is 15.6. The van der Waals surface area contributed by atoms with Gasteiger partial charge in [-0.25, -0.2) is 4.98 Å². The van der Waals surface area contributed by atoms with Gasteiger partial charge in [0.15, 0.2) is 5.96 Å². The Balaban J connectivity index is 1.86. The molecule has 2 aromatic rings. The van der Waals surface area contributed by atoms with Crippen LogP contribution in [-0.2, 0) is 13.0 Å². The number of nitrogens with one attached hydrogen (secondary N) is 2. The highest BCUT2D eigenvalue weighted by Gasteiger charge is 2.07. The summed E-state index contributed by atoms with van der Waals surface area (Å²) in [6.45, 7) is 11.7. The molecule has 1 aromatic heterocycles. The summed E-state index contributed by atoms with van der Waals surface area (Å²) in [5.74, 6) is 2.30. The van der Waals surface area contributed by atoms with Crippen LogP contribution in [0.4, 0.5) is 0 Å². The third kappa shape index (κ3) is 4.60. The van der Waals surface area contributed by atoms with Crippen LogP contribution in [-0.4, -0.2) is 24.5 Å². The number of aryl methyl sites for hydroxylation is 5. The summed E-state index contributed by atoms with van der Waals surface area (Å²) in [7, 11) is 1.77. The maximum Gasteiger partial charge on any atom is 0.214 e. The van der Waals surface area contributed by atoms with Crippen LogP contribution in [0.5, 0.6) is 0 Å². The standard InChI is InChI=1S/C19H28N4O/c1-12-9-13(2)17(14(3)10-12)7-8-21-19(20-6)22-11-18-23-15(4)16(5)24-18/h9-10H,7-8,11H2,1-6H3,(H2,20,21,22). The van der Waals surface area contributed by atoms with Crippen molar-refractivity contribution in [3.05, 3.63) is 51.7 Å². The first-order valence-corrected chi connectivity index (χ1v) is 8.35. The number of hydrogen-bond acceptors (Lipinski definition) is 3. The largest absolute Gasteiger partial charge is 0.444 e. The molecule has 0 saturated heterocycles. The molecular weight excluding hydrogens is 300 g/mol. The Kier molecular flexibility index (Phi) is 6.01. The quantitative estimate of drug-likeness (QED) is 0.654. The van der Waals surface area contributed by atoms with Gasteiger partial charge in [-0.1, -0.05) is 17.7 Å². The molecule has 0 saturated carbocycles. The van der Waals surface area contributed by atoms with Crippen molar-refractivity contribution in [2.24, 2.45) is 4.99 Å². The molecule has 0 atom stereocenters. The molecule has 2 rings (SSSR count). The SMILES string of the molecule is CN=C(NCCc1c(C)cc(C)cc1C)NCc1nc(C)c(C)o1. The number of aliphatic imine (C=N–C) groups is 1. The molecule has 5 nitrogen and oxygen atoms in total. The van der Waals surface area contributed by atoms with Gasteiger partial charge >= 0.3 is 0 Å². The molecule has 0 amide bonds. The smallest absolute Gasteiger partial charge is 0.214 e. The van der Waals surface area contributed by atoms with E-state index in [0.29, 0.717) is 12.4 Å². The van der Waals surface area contributed by atoms with E-state index in [1.807, 2.05) is 13.8 Å². The van der Waals surface area contributed by atoms with Gasteiger partial charge in [0.25, 0.3) is 0 Å². The summed E-state index contributed by atoms with van der Waals surface area (Å²) in [6, 6.07) is 4.48. The lowest BCUT2D eigenvalue weighted by atomic mass is 9.97. The van der Waals surface area contributed by atoms with Crippen LogP contribution in [0.15, 0.2) is 21.5 Å². The Bertz CT molecular complexity index is 688. The van der Waals surface area contributed by atoms with E-state index in [9.17, 15) is 0 Å². The van der Waals surface area contributed by atoms with Crippen molar-refractivity contribution in [1.29, 1.82) is 0 Å². The zero-order chi connectivity index (χ0) is 17.7. The Hall–Kier alpha value is -2.30. The van der Waals surface area contributed by atoms with E-state index in [4.69, 9.17) is 4.42 Å². The first-order chi connectivity index (χ1) is 11.4. The number of rotatable bonds is 5. The number of oxazole rings is 1. The Labute approximate surface area is 144 Å². The van der Waals surface area contributed by atoms with Gasteiger partial charge in [0.05, 0.1) is 12.2 Å². The molecule has 0 bridgehead atoms. The monoisotopic (exact) mass is 328 g/mol. The Morgan fingerprint density at radius 1 is 1.08 bits per heavy atom. The summed E-state index contributed by atoms with van der Waals surface area (Å²) in [4.78, 5) is 8.61. The number of aromatic nitrogens is 1. The highest BCUT2D eigenvalue weighted by molar-refractivity contribution is 5.79. The van der Waals surface area contributed by atoms with Crippen molar-refractivity contribution in [3.63, 3.8) is 0 Å². The average Bonchev–Trinajstić information content (AvgIpc) is 2.83. The van der Waals surface area contributed by atoms with Crippen molar-refractivity contribution in [2.75, 3.05) is 13.6 Å². The summed E-state index contributed by atoms with van der Waals surface area (Å²) in [5, 5.41) is 6.58. The van der Waals surface area contributed by atoms with E-state index in [-0.39, 0.29) is 0 Å². The predicted molar refractivity (Wildman–Crippen MR) is 98.5 cm³/mol. The third-order valence-electron chi connectivity index (χ3n) is 4.21. The maximum atomic E-state index is 5.57. The molecule has 0 aliphatic rings. The molecule has 0 radical (unpaired) electrons. The number of nitrogens with zero attached hydrogens (tertiary/aromatic N) is 2. The molecular formula is C19H28N4O. The minimum Gasteiger partial charge on any atom is -0.444 e. The van der Waals surface area contributed by atoms with Crippen LogP contribution in [0.1, 0.15) is 39.6 Å². The summed E-state index contributed by atoms with van der Waals surface area (Å²) < 4.78 is 5.57. The lowest BCUT2D eigenvalue weighted by Crippen LogP contribution is -2.38. The number of benzene rings is 1. The molecule has 0 unspecified atom stereocenters. The maximum absolute atomic E-state index is 5.57. The van der Waals surface area contributed by atoms with Crippen LogP contribution < -0.4 is 10.6 Å². The topological polar surface area (TPSA) is 62.5 Å². The number of guanidine groups is 1. The van der Waals surface area contributed by atoms with Gasteiger partial charge in [-0.05, 0) is 57.7 Å². The fraction of sp³-hybridized carbons (Fsp3) is 0.474. The molecule has 24 heavy (non-hydrogen) atoms. The third-order valence-corrected chi connectivity index (χ3v) is 4.21. The first kappa shape index (κ1) is 18.0. The van der Waals surface area contributed by atoms with Crippen molar-refractivity contribution >= 4 is 5.96 Å². The lowest BCUT2D eigenvalue weighted by molar-refractivity contribution is 0.464. The van der Waals surface area contributed by atoms with Gasteiger partial charge in [0.2, 0.25) is 5.89 Å². The second-order valence-corrected chi connectivity index (χ2v) is 6.23. The molecule has 5 heteroatoms. The minimum atomic E-state index is 0.525. The van der Waals surface area contributed by atoms with Gasteiger partial charge in [-0.2, -0.15) is 0 Å². The lowest BCUT2D eigenvalue weighted by Gasteiger charge is -2.14. The molecule has 1 heterocycles. The zero-order valence-corrected chi connectivity index (χ0v) is 15.6. The Morgan fingerprint density at radius 3 is 2.29 bits per heavy atom. The van der Waals surface area contributed by atoms with E-state index in [2.05, 4.69) is 53.5 Å². The van der Waals surface area contributed by atoms with Gasteiger partial charge in [0.1, 0.15) is 5.76 Å². The highest BCUT2D eigenvalue weighted by atomic mass is 16.4. The fourth-order valence-electron chi connectivity index (χ4n) is 2.90. The second-order valence-electron chi connectivity index (χ2n) is 6.23. The van der Waals surface area contributed by atoms with Gasteiger partial charge in [0, 0.05) is 13.6 Å². The number of hydrogen-bond donors (Lipinski definition) is 2. The highest BCUT2D eigenvalue weighted by Crippen LogP contribution is 2.16. The van der Waals surface area contributed by atoms with E-state index < -0.39 is 0 Å². The molecule has 2 N–H and O–H groups in total. The predicted octanol–water partition coefficient (Wildman–Crippen LogP) is 3.12. The molecule has 130 valence electrons. The van der Waals surface area contributed by atoms with Crippen molar-refractivity contribution in [2.45, 2.75) is 47.6 Å². The molecule has 1 aromatic carbocycles. The summed E-state index contributed by atoms with van der Waals surface area (Å²) in [6.07, 6.45) is 0.968. The van der Waals surface area contributed by atoms with Crippen LogP contribution in [0.2, 0.25) is 0 Å². The summed E-state index contributed by atoms with van der Waals surface area (Å²) >= 11 is 0. The summed E-state index contributed by atoms with van der Waals surface area (Å²) in [5.41, 5.74) is 6.35.